The molecule has 0 bridgehead atoms. The van der Waals surface area contributed by atoms with Crippen molar-refractivity contribution in [2.24, 2.45) is 10.8 Å². The molecule has 1 fully saturated rings. The molecule has 6 heteroatoms. The van der Waals surface area contributed by atoms with Crippen molar-refractivity contribution in [3.63, 3.8) is 0 Å². The molecule has 0 heterocycles. The topological polar surface area (TPSA) is 74.2 Å². The van der Waals surface area contributed by atoms with Gasteiger partial charge in [0.2, 0.25) is 0 Å². The van der Waals surface area contributed by atoms with Gasteiger partial charge in [0.1, 0.15) is 17.9 Å². The summed E-state index contributed by atoms with van der Waals surface area (Å²) in [7, 11) is 0. The van der Waals surface area contributed by atoms with Gasteiger partial charge in [-0.1, -0.05) is 39.3 Å². The predicted molar refractivity (Wildman–Crippen MR) is 125 cm³/mol. The minimum Gasteiger partial charge on any atom is -0.489 e. The van der Waals surface area contributed by atoms with Crippen molar-refractivity contribution in [2.75, 3.05) is 5.32 Å². The summed E-state index contributed by atoms with van der Waals surface area (Å²) >= 11 is 6.16. The van der Waals surface area contributed by atoms with Crippen LogP contribution in [0.15, 0.2) is 42.5 Å². The Morgan fingerprint density at radius 1 is 1.10 bits per heavy atom. The molecule has 1 aliphatic carbocycles. The van der Waals surface area contributed by atoms with E-state index in [1.807, 2.05) is 24.3 Å². The fourth-order valence-electron chi connectivity index (χ4n) is 4.86. The van der Waals surface area contributed by atoms with Crippen molar-refractivity contribution >= 4 is 23.2 Å². The molecule has 164 valence electrons. The number of hydrogen-bond acceptors (Lipinski definition) is 4. The Balaban J connectivity index is 1.71. The molecular weight excluding hydrogens is 410 g/mol. The van der Waals surface area contributed by atoms with Crippen molar-refractivity contribution < 1.29 is 9.53 Å². The number of anilines is 1. The van der Waals surface area contributed by atoms with Gasteiger partial charge in [0.25, 0.3) is 5.91 Å². The number of ether oxygens (including phenoxy) is 1. The number of benzene rings is 2. The van der Waals surface area contributed by atoms with E-state index in [9.17, 15) is 4.79 Å². The van der Waals surface area contributed by atoms with E-state index in [2.05, 4.69) is 58.2 Å². The maximum Gasteiger partial charge on any atom is 0.251 e. The highest BCUT2D eigenvalue weighted by Gasteiger charge is 2.64. The molecule has 31 heavy (non-hydrogen) atoms. The summed E-state index contributed by atoms with van der Waals surface area (Å²) in [6.07, 6.45) is -0.132. The van der Waals surface area contributed by atoms with Gasteiger partial charge in [0.05, 0.1) is 10.6 Å². The molecule has 1 amide bonds. The zero-order valence-corrected chi connectivity index (χ0v) is 19.7. The fraction of sp³-hybridized carbons (Fsp3) is 0.440. The van der Waals surface area contributed by atoms with Crippen LogP contribution >= 0.6 is 11.6 Å². The average molecular weight is 440 g/mol. The van der Waals surface area contributed by atoms with Crippen LogP contribution in [0.25, 0.3) is 0 Å². The Morgan fingerprint density at radius 2 is 1.71 bits per heavy atom. The molecule has 0 spiro atoms. The van der Waals surface area contributed by atoms with E-state index in [0.29, 0.717) is 27.9 Å². The van der Waals surface area contributed by atoms with E-state index >= 15 is 0 Å². The molecule has 0 aliphatic heterocycles. The second-order valence-electron chi connectivity index (χ2n) is 9.68. The van der Waals surface area contributed by atoms with Crippen molar-refractivity contribution in [3.8, 4) is 11.8 Å². The normalized spacial score (nSPS) is 21.0. The smallest absolute Gasteiger partial charge is 0.251 e. The van der Waals surface area contributed by atoms with Crippen LogP contribution < -0.4 is 15.4 Å². The van der Waals surface area contributed by atoms with Crippen LogP contribution in [-0.4, -0.2) is 24.1 Å². The van der Waals surface area contributed by atoms with Crippen molar-refractivity contribution in [2.45, 2.75) is 59.7 Å². The number of carbonyl (C=O) groups is 1. The third kappa shape index (κ3) is 4.50. The molecule has 0 atom stereocenters. The van der Waals surface area contributed by atoms with Gasteiger partial charge in [-0.2, -0.15) is 5.26 Å². The van der Waals surface area contributed by atoms with Gasteiger partial charge >= 0.3 is 0 Å². The standard InChI is InChI=1S/C25H30ClN3O2/c1-15(2)28-18-10-7-16(8-11-18)21(30)29-22-24(3,4)23(25(22,5)6)31-19-12-9-17(14-27)20(26)13-19/h7-13,15,22-23,28H,1-6H3,(H,29,30)/t22-,23-. The Labute approximate surface area is 189 Å². The number of rotatable bonds is 6. The monoisotopic (exact) mass is 439 g/mol. The first-order valence-corrected chi connectivity index (χ1v) is 10.9. The third-order valence-corrected chi connectivity index (χ3v) is 6.35. The zero-order chi connectivity index (χ0) is 23.0. The second-order valence-corrected chi connectivity index (χ2v) is 10.1. The third-order valence-electron chi connectivity index (χ3n) is 6.03. The molecule has 0 radical (unpaired) electrons. The zero-order valence-electron chi connectivity index (χ0n) is 18.9. The maximum atomic E-state index is 12.9. The number of nitrogens with one attached hydrogen (secondary N) is 2. The first-order chi connectivity index (χ1) is 14.5. The first kappa shape index (κ1) is 23.0. The first-order valence-electron chi connectivity index (χ1n) is 10.5. The number of nitriles is 1. The lowest BCUT2D eigenvalue weighted by molar-refractivity contribution is -0.164. The van der Waals surface area contributed by atoms with Crippen molar-refractivity contribution in [3.05, 3.63) is 58.6 Å². The number of hydrogen-bond donors (Lipinski definition) is 2. The molecule has 0 aromatic heterocycles. The summed E-state index contributed by atoms with van der Waals surface area (Å²) in [6, 6.07) is 14.9. The SMILES string of the molecule is CC(C)Nc1ccc(C(=O)N[C@H]2C(C)(C)[C@H](Oc3ccc(C#N)c(Cl)c3)C2(C)C)cc1. The van der Waals surface area contributed by atoms with E-state index in [1.54, 1.807) is 18.2 Å². The summed E-state index contributed by atoms with van der Waals surface area (Å²) in [5.41, 5.74) is 1.45. The molecule has 0 saturated heterocycles. The molecule has 3 rings (SSSR count). The molecule has 2 aromatic rings. The van der Waals surface area contributed by atoms with Gasteiger partial charge in [-0.15, -0.1) is 0 Å². The molecule has 2 aromatic carbocycles. The Kier molecular flexibility index (Phi) is 6.25. The molecule has 1 aliphatic rings. The predicted octanol–water partition coefficient (Wildman–Crippen LogP) is 5.64. The number of nitrogens with zero attached hydrogens (tertiary/aromatic N) is 1. The summed E-state index contributed by atoms with van der Waals surface area (Å²) in [6.45, 7) is 12.5. The lowest BCUT2D eigenvalue weighted by Crippen LogP contribution is -2.74. The summed E-state index contributed by atoms with van der Waals surface area (Å²) in [5.74, 6) is 0.523. The summed E-state index contributed by atoms with van der Waals surface area (Å²) < 4.78 is 6.28. The lowest BCUT2D eigenvalue weighted by Gasteiger charge is -2.63. The van der Waals surface area contributed by atoms with Gasteiger partial charge in [-0.3, -0.25) is 4.79 Å². The van der Waals surface area contributed by atoms with Crippen LogP contribution in [-0.2, 0) is 0 Å². The van der Waals surface area contributed by atoms with Crippen LogP contribution in [0.4, 0.5) is 5.69 Å². The van der Waals surface area contributed by atoms with Crippen LogP contribution in [0.1, 0.15) is 57.5 Å². The van der Waals surface area contributed by atoms with E-state index in [0.717, 1.165) is 5.69 Å². The van der Waals surface area contributed by atoms with Gasteiger partial charge in [-0.05, 0) is 50.2 Å². The highest BCUT2D eigenvalue weighted by atomic mass is 35.5. The largest absolute Gasteiger partial charge is 0.489 e. The van der Waals surface area contributed by atoms with Gasteiger partial charge in [0.15, 0.2) is 0 Å². The highest BCUT2D eigenvalue weighted by molar-refractivity contribution is 6.31. The van der Waals surface area contributed by atoms with E-state index in [-0.39, 0.29) is 28.9 Å². The Morgan fingerprint density at radius 3 is 2.23 bits per heavy atom. The summed E-state index contributed by atoms with van der Waals surface area (Å²) in [4.78, 5) is 12.9. The molecule has 1 saturated carbocycles. The van der Waals surface area contributed by atoms with E-state index in [4.69, 9.17) is 21.6 Å². The fourth-order valence-corrected chi connectivity index (χ4v) is 5.07. The molecular formula is C25H30ClN3O2. The van der Waals surface area contributed by atoms with E-state index in [1.165, 1.54) is 0 Å². The number of carbonyl (C=O) groups excluding carboxylic acids is 1. The van der Waals surface area contributed by atoms with Crippen LogP contribution in [0.3, 0.4) is 0 Å². The quantitative estimate of drug-likeness (QED) is 0.610. The van der Waals surface area contributed by atoms with Gasteiger partial charge in [0, 0.05) is 40.2 Å². The van der Waals surface area contributed by atoms with Crippen molar-refractivity contribution in [1.29, 1.82) is 5.26 Å². The van der Waals surface area contributed by atoms with Crippen LogP contribution in [0.5, 0.6) is 5.75 Å². The number of amides is 1. The Bertz CT molecular complexity index is 990. The van der Waals surface area contributed by atoms with Crippen molar-refractivity contribution in [1.82, 2.24) is 5.32 Å². The van der Waals surface area contributed by atoms with Crippen LogP contribution in [0.2, 0.25) is 5.02 Å². The van der Waals surface area contributed by atoms with E-state index < -0.39 is 0 Å². The molecule has 5 nitrogen and oxygen atoms in total. The Hall–Kier alpha value is -2.71. The minimum absolute atomic E-state index is 0.0696. The number of halogens is 1. The highest BCUT2D eigenvalue weighted by Crippen LogP contribution is 2.55. The summed E-state index contributed by atoms with van der Waals surface area (Å²) in [5, 5.41) is 16.0. The lowest BCUT2D eigenvalue weighted by atomic mass is 9.49. The van der Waals surface area contributed by atoms with Gasteiger partial charge < -0.3 is 15.4 Å². The second kappa shape index (κ2) is 8.43. The average Bonchev–Trinajstić information content (AvgIpc) is 2.70. The molecule has 0 unspecified atom stereocenters. The maximum absolute atomic E-state index is 12.9. The van der Waals surface area contributed by atoms with Crippen LogP contribution in [0, 0.1) is 22.2 Å². The minimum atomic E-state index is -0.293. The van der Waals surface area contributed by atoms with Gasteiger partial charge in [-0.25, -0.2) is 0 Å². The molecule has 2 N–H and O–H groups in total.